The molecule has 122 valence electrons. The Hall–Kier alpha value is -0.120. The molecule has 0 bridgehead atoms. The molecule has 2 N–H and O–H groups in total. The van der Waals surface area contributed by atoms with Gasteiger partial charge in [0.15, 0.2) is 0 Å². The molecule has 0 amide bonds. The Balaban J connectivity index is 1.66. The highest BCUT2D eigenvalue weighted by Crippen LogP contribution is 2.46. The van der Waals surface area contributed by atoms with Crippen LogP contribution in [0.25, 0.3) is 0 Å². The molecule has 3 aliphatic rings. The van der Waals surface area contributed by atoms with Gasteiger partial charge in [-0.25, -0.2) is 0 Å². The van der Waals surface area contributed by atoms with Crippen LogP contribution in [0, 0.1) is 17.8 Å². The van der Waals surface area contributed by atoms with E-state index in [4.69, 9.17) is 15.2 Å². The van der Waals surface area contributed by atoms with E-state index in [1.165, 1.54) is 32.1 Å². The first-order valence-electron chi connectivity index (χ1n) is 9.02. The molecule has 2 aliphatic heterocycles. The van der Waals surface area contributed by atoms with Crippen molar-refractivity contribution in [3.8, 4) is 0 Å². The lowest BCUT2D eigenvalue weighted by molar-refractivity contribution is -0.113. The van der Waals surface area contributed by atoms with Crippen LogP contribution in [0.2, 0.25) is 0 Å². The molecular formula is C18H33NO2. The predicted octanol–water partition coefficient (Wildman–Crippen LogP) is 3.51. The van der Waals surface area contributed by atoms with E-state index in [1.54, 1.807) is 0 Å². The summed E-state index contributed by atoms with van der Waals surface area (Å²) in [6.07, 6.45) is 9.81. The molecule has 4 atom stereocenters. The molecule has 3 heteroatoms. The second-order valence-electron chi connectivity index (χ2n) is 8.35. The van der Waals surface area contributed by atoms with Gasteiger partial charge in [-0.05, 0) is 49.9 Å². The molecule has 0 aromatic carbocycles. The molecule has 21 heavy (non-hydrogen) atoms. The van der Waals surface area contributed by atoms with E-state index in [0.717, 1.165) is 50.9 Å². The minimum absolute atomic E-state index is 0.000276. The van der Waals surface area contributed by atoms with Gasteiger partial charge >= 0.3 is 0 Å². The van der Waals surface area contributed by atoms with Gasteiger partial charge in [-0.15, -0.1) is 0 Å². The Bertz CT molecular complexity index is 351. The largest absolute Gasteiger partial charge is 0.378 e. The van der Waals surface area contributed by atoms with Crippen LogP contribution in [0.4, 0.5) is 0 Å². The zero-order valence-corrected chi connectivity index (χ0v) is 13.9. The van der Waals surface area contributed by atoms with E-state index < -0.39 is 0 Å². The molecule has 0 aromatic heterocycles. The van der Waals surface area contributed by atoms with Crippen LogP contribution in [0.1, 0.15) is 65.2 Å². The Labute approximate surface area is 129 Å². The van der Waals surface area contributed by atoms with Crippen molar-refractivity contribution < 1.29 is 9.47 Å². The van der Waals surface area contributed by atoms with Gasteiger partial charge in [-0.1, -0.05) is 26.7 Å². The molecule has 2 heterocycles. The average Bonchev–Trinajstić information content (AvgIpc) is 2.86. The van der Waals surface area contributed by atoms with Crippen molar-refractivity contribution in [2.75, 3.05) is 19.8 Å². The van der Waals surface area contributed by atoms with Crippen LogP contribution in [0.3, 0.4) is 0 Å². The first-order valence-corrected chi connectivity index (χ1v) is 9.02. The third-order valence-corrected chi connectivity index (χ3v) is 6.10. The summed E-state index contributed by atoms with van der Waals surface area (Å²) in [7, 11) is 0. The van der Waals surface area contributed by atoms with Gasteiger partial charge in [0, 0.05) is 25.2 Å². The Morgan fingerprint density at radius 2 is 2.00 bits per heavy atom. The molecule has 2 saturated heterocycles. The van der Waals surface area contributed by atoms with Gasteiger partial charge in [-0.2, -0.15) is 0 Å². The van der Waals surface area contributed by atoms with Crippen molar-refractivity contribution in [1.82, 2.24) is 0 Å². The van der Waals surface area contributed by atoms with Crippen molar-refractivity contribution in [2.45, 2.75) is 76.4 Å². The Kier molecular flexibility index (Phi) is 4.63. The molecule has 4 unspecified atom stereocenters. The summed E-state index contributed by atoms with van der Waals surface area (Å²) in [6.45, 7) is 7.20. The maximum absolute atomic E-state index is 6.95. The Morgan fingerprint density at radius 1 is 1.14 bits per heavy atom. The van der Waals surface area contributed by atoms with Gasteiger partial charge in [0.1, 0.15) is 0 Å². The molecule has 1 aliphatic carbocycles. The number of rotatable bonds is 3. The highest BCUT2D eigenvalue weighted by Gasteiger charge is 2.48. The third-order valence-electron chi connectivity index (χ3n) is 6.10. The first kappa shape index (κ1) is 15.8. The van der Waals surface area contributed by atoms with E-state index in [0.29, 0.717) is 5.92 Å². The van der Waals surface area contributed by atoms with E-state index >= 15 is 0 Å². The number of ether oxygens (including phenoxy) is 2. The van der Waals surface area contributed by atoms with Crippen LogP contribution in [0.15, 0.2) is 0 Å². The van der Waals surface area contributed by atoms with Crippen LogP contribution < -0.4 is 5.73 Å². The Morgan fingerprint density at radius 3 is 2.71 bits per heavy atom. The lowest BCUT2D eigenvalue weighted by Gasteiger charge is -2.49. The summed E-state index contributed by atoms with van der Waals surface area (Å²) in [6, 6.07) is 0. The van der Waals surface area contributed by atoms with Gasteiger partial charge < -0.3 is 15.2 Å². The van der Waals surface area contributed by atoms with Crippen LogP contribution in [-0.4, -0.2) is 31.0 Å². The number of nitrogens with two attached hydrogens (primary N) is 1. The van der Waals surface area contributed by atoms with E-state index in [1.807, 2.05) is 0 Å². The second kappa shape index (κ2) is 6.17. The van der Waals surface area contributed by atoms with E-state index in [-0.39, 0.29) is 11.1 Å². The fourth-order valence-electron chi connectivity index (χ4n) is 5.08. The highest BCUT2D eigenvalue weighted by molar-refractivity contribution is 5.02. The summed E-state index contributed by atoms with van der Waals surface area (Å²) in [4.78, 5) is 0. The normalized spacial score (nSPS) is 44.6. The summed E-state index contributed by atoms with van der Waals surface area (Å²) in [5.74, 6) is 2.26. The standard InChI is InChI=1S/C18H33NO2/c1-14(2)10-15-4-3-6-18(19,11-15)16-5-8-21-17(12-16)7-9-20-13-17/h14-16H,3-13,19H2,1-2H3. The first-order chi connectivity index (χ1) is 10.0. The third kappa shape index (κ3) is 3.46. The maximum Gasteiger partial charge on any atom is 0.0940 e. The molecular weight excluding hydrogens is 262 g/mol. The van der Waals surface area contributed by atoms with Gasteiger partial charge in [-0.3, -0.25) is 0 Å². The summed E-state index contributed by atoms with van der Waals surface area (Å²) in [5, 5.41) is 0. The maximum atomic E-state index is 6.95. The lowest BCUT2D eigenvalue weighted by atomic mass is 9.64. The molecule has 3 fully saturated rings. The highest BCUT2D eigenvalue weighted by atomic mass is 16.6. The fraction of sp³-hybridized carbons (Fsp3) is 1.00. The number of hydrogen-bond acceptors (Lipinski definition) is 3. The van der Waals surface area contributed by atoms with Crippen molar-refractivity contribution >= 4 is 0 Å². The lowest BCUT2D eigenvalue weighted by Crippen LogP contribution is -2.55. The van der Waals surface area contributed by atoms with Crippen LogP contribution in [0.5, 0.6) is 0 Å². The second-order valence-corrected chi connectivity index (χ2v) is 8.35. The van der Waals surface area contributed by atoms with Gasteiger partial charge in [0.25, 0.3) is 0 Å². The quantitative estimate of drug-likeness (QED) is 0.866. The SMILES string of the molecule is CC(C)CC1CCCC(N)(C2CCOC3(CCOC3)C2)C1. The molecule has 3 rings (SSSR count). The summed E-state index contributed by atoms with van der Waals surface area (Å²) in [5.41, 5.74) is 7.01. The van der Waals surface area contributed by atoms with Crippen molar-refractivity contribution in [2.24, 2.45) is 23.5 Å². The fourth-order valence-corrected chi connectivity index (χ4v) is 5.08. The topological polar surface area (TPSA) is 44.5 Å². The van der Waals surface area contributed by atoms with Gasteiger partial charge in [0.05, 0.1) is 12.2 Å². The van der Waals surface area contributed by atoms with Crippen molar-refractivity contribution in [3.63, 3.8) is 0 Å². The van der Waals surface area contributed by atoms with Gasteiger partial charge in [0.2, 0.25) is 0 Å². The monoisotopic (exact) mass is 295 g/mol. The minimum atomic E-state index is 0.000276. The van der Waals surface area contributed by atoms with E-state index in [2.05, 4.69) is 13.8 Å². The molecule has 0 radical (unpaired) electrons. The predicted molar refractivity (Wildman–Crippen MR) is 85.2 cm³/mol. The minimum Gasteiger partial charge on any atom is -0.378 e. The number of hydrogen-bond donors (Lipinski definition) is 1. The van der Waals surface area contributed by atoms with Crippen molar-refractivity contribution in [3.05, 3.63) is 0 Å². The summed E-state index contributed by atoms with van der Waals surface area (Å²) < 4.78 is 11.7. The molecule has 1 saturated carbocycles. The van der Waals surface area contributed by atoms with Crippen LogP contribution in [-0.2, 0) is 9.47 Å². The average molecular weight is 295 g/mol. The molecule has 1 spiro atoms. The zero-order chi connectivity index (χ0) is 14.9. The smallest absolute Gasteiger partial charge is 0.0940 e. The molecule has 0 aromatic rings. The zero-order valence-electron chi connectivity index (χ0n) is 13.9. The van der Waals surface area contributed by atoms with Crippen molar-refractivity contribution in [1.29, 1.82) is 0 Å². The van der Waals surface area contributed by atoms with Crippen LogP contribution >= 0.6 is 0 Å². The van der Waals surface area contributed by atoms with E-state index in [9.17, 15) is 0 Å². The molecule has 3 nitrogen and oxygen atoms in total. The summed E-state index contributed by atoms with van der Waals surface area (Å²) >= 11 is 0.